The summed E-state index contributed by atoms with van der Waals surface area (Å²) in [5.74, 6) is -0.601. The Labute approximate surface area is 120 Å². The topological polar surface area (TPSA) is 66.8 Å². The summed E-state index contributed by atoms with van der Waals surface area (Å²) < 4.78 is 5.73. The van der Waals surface area contributed by atoms with Crippen LogP contribution in [0.5, 0.6) is 0 Å². The van der Waals surface area contributed by atoms with Crippen molar-refractivity contribution in [2.45, 2.75) is 51.6 Å². The van der Waals surface area contributed by atoms with Crippen molar-refractivity contribution in [2.75, 3.05) is 19.7 Å². The van der Waals surface area contributed by atoms with E-state index in [0.717, 1.165) is 19.3 Å². The first-order chi connectivity index (χ1) is 9.56. The predicted molar refractivity (Wildman–Crippen MR) is 74.3 cm³/mol. The van der Waals surface area contributed by atoms with Crippen LogP contribution in [0.15, 0.2) is 0 Å². The van der Waals surface area contributed by atoms with Gasteiger partial charge in [-0.2, -0.15) is 0 Å². The normalized spacial score (nSPS) is 31.1. The molecule has 2 fully saturated rings. The fraction of sp³-hybridized carbons (Fsp3) is 0.867. The van der Waals surface area contributed by atoms with Gasteiger partial charge in [0.15, 0.2) is 0 Å². The lowest BCUT2D eigenvalue weighted by Crippen LogP contribution is -2.44. The number of carboxylic acids is 1. The zero-order valence-corrected chi connectivity index (χ0v) is 12.2. The molecule has 1 saturated carbocycles. The zero-order chi connectivity index (χ0) is 14.5. The van der Waals surface area contributed by atoms with Crippen molar-refractivity contribution in [2.24, 2.45) is 11.8 Å². The average molecular weight is 283 g/mol. The first kappa shape index (κ1) is 15.3. The van der Waals surface area contributed by atoms with Crippen LogP contribution in [-0.4, -0.2) is 47.7 Å². The number of hydrogen-bond acceptors (Lipinski definition) is 3. The molecule has 5 nitrogen and oxygen atoms in total. The molecule has 5 heteroatoms. The Morgan fingerprint density at radius 2 is 2.05 bits per heavy atom. The lowest BCUT2D eigenvalue weighted by molar-refractivity contribution is -0.148. The number of aliphatic carboxylic acids is 1. The van der Waals surface area contributed by atoms with Crippen LogP contribution in [0.1, 0.15) is 45.4 Å². The summed E-state index contributed by atoms with van der Waals surface area (Å²) in [6, 6.07) is 0. The van der Waals surface area contributed by atoms with Crippen LogP contribution >= 0.6 is 0 Å². The summed E-state index contributed by atoms with van der Waals surface area (Å²) >= 11 is 0. The van der Waals surface area contributed by atoms with E-state index >= 15 is 0 Å². The van der Waals surface area contributed by atoms with E-state index in [2.05, 4.69) is 6.92 Å². The molecule has 3 atom stereocenters. The molecule has 0 radical (unpaired) electrons. The van der Waals surface area contributed by atoms with Gasteiger partial charge in [0.05, 0.1) is 12.0 Å². The summed E-state index contributed by atoms with van der Waals surface area (Å²) in [5.41, 5.74) is 0. The Balaban J connectivity index is 1.75. The fourth-order valence-electron chi connectivity index (χ4n) is 3.22. The van der Waals surface area contributed by atoms with Gasteiger partial charge in [0.25, 0.3) is 0 Å². The van der Waals surface area contributed by atoms with Crippen molar-refractivity contribution < 1.29 is 19.4 Å². The number of likely N-dealkylation sites (tertiary alicyclic amines) is 1. The summed E-state index contributed by atoms with van der Waals surface area (Å²) in [4.78, 5) is 24.7. The first-order valence-corrected chi connectivity index (χ1v) is 7.68. The monoisotopic (exact) mass is 283 g/mol. The number of carbonyl (C=O) groups is 2. The molecule has 0 unspecified atom stereocenters. The second kappa shape index (κ2) is 7.07. The van der Waals surface area contributed by atoms with Crippen LogP contribution in [0.25, 0.3) is 0 Å². The second-order valence-corrected chi connectivity index (χ2v) is 6.22. The Hall–Kier alpha value is -1.10. The molecule has 0 spiro atoms. The summed E-state index contributed by atoms with van der Waals surface area (Å²) in [7, 11) is 0. The maximum absolute atomic E-state index is 12.1. The summed E-state index contributed by atoms with van der Waals surface area (Å²) in [6.45, 7) is 3.31. The molecule has 1 heterocycles. The Bertz CT molecular complexity index is 358. The van der Waals surface area contributed by atoms with Crippen molar-refractivity contribution in [3.63, 3.8) is 0 Å². The van der Waals surface area contributed by atoms with Gasteiger partial charge in [-0.3, -0.25) is 9.59 Å². The Morgan fingerprint density at radius 3 is 2.75 bits per heavy atom. The van der Waals surface area contributed by atoms with Crippen molar-refractivity contribution in [1.29, 1.82) is 0 Å². The molecule has 114 valence electrons. The zero-order valence-electron chi connectivity index (χ0n) is 12.2. The minimum absolute atomic E-state index is 0.0609. The molecule has 2 aliphatic rings. The third kappa shape index (κ3) is 4.20. The van der Waals surface area contributed by atoms with Gasteiger partial charge in [0.1, 0.15) is 6.61 Å². The van der Waals surface area contributed by atoms with Crippen LogP contribution in [0.2, 0.25) is 0 Å². The van der Waals surface area contributed by atoms with Gasteiger partial charge in [-0.15, -0.1) is 0 Å². The van der Waals surface area contributed by atoms with Crippen molar-refractivity contribution in [3.05, 3.63) is 0 Å². The Morgan fingerprint density at radius 1 is 1.25 bits per heavy atom. The maximum Gasteiger partial charge on any atom is 0.308 e. The maximum atomic E-state index is 12.1. The highest BCUT2D eigenvalue weighted by Gasteiger charge is 2.28. The number of carboxylic acid groups (broad SMARTS) is 1. The van der Waals surface area contributed by atoms with E-state index in [1.165, 1.54) is 12.8 Å². The number of ether oxygens (including phenoxy) is 1. The van der Waals surface area contributed by atoms with Crippen LogP contribution in [-0.2, 0) is 14.3 Å². The number of rotatable bonds is 4. The SMILES string of the molecule is C[C@@H]1CCC[C@H](OCC(=O)N2CCC[C@@H](C(=O)O)C2)C1. The molecule has 2 rings (SSSR count). The average Bonchev–Trinajstić information content (AvgIpc) is 2.45. The van der Waals surface area contributed by atoms with Gasteiger partial charge in [-0.1, -0.05) is 19.8 Å². The number of piperidine rings is 1. The van der Waals surface area contributed by atoms with E-state index in [1.54, 1.807) is 4.90 Å². The molecular weight excluding hydrogens is 258 g/mol. The highest BCUT2D eigenvalue weighted by Crippen LogP contribution is 2.25. The number of amides is 1. The highest BCUT2D eigenvalue weighted by molar-refractivity contribution is 5.79. The largest absolute Gasteiger partial charge is 0.481 e. The van der Waals surface area contributed by atoms with Crippen LogP contribution in [0.4, 0.5) is 0 Å². The number of nitrogens with zero attached hydrogens (tertiary/aromatic N) is 1. The van der Waals surface area contributed by atoms with Crippen molar-refractivity contribution >= 4 is 11.9 Å². The van der Waals surface area contributed by atoms with Crippen molar-refractivity contribution in [3.8, 4) is 0 Å². The summed E-state index contributed by atoms with van der Waals surface area (Å²) in [5, 5.41) is 9.03. The quantitative estimate of drug-likeness (QED) is 0.855. The van der Waals surface area contributed by atoms with Gasteiger partial charge in [-0.25, -0.2) is 0 Å². The molecule has 1 amide bonds. The Kier molecular flexibility index (Phi) is 5.40. The predicted octanol–water partition coefficient (Wildman–Crippen LogP) is 1.90. The van der Waals surface area contributed by atoms with E-state index < -0.39 is 11.9 Å². The highest BCUT2D eigenvalue weighted by atomic mass is 16.5. The van der Waals surface area contributed by atoms with Gasteiger partial charge < -0.3 is 14.7 Å². The lowest BCUT2D eigenvalue weighted by atomic mass is 9.89. The van der Waals surface area contributed by atoms with E-state index in [-0.39, 0.29) is 18.6 Å². The number of hydrogen-bond donors (Lipinski definition) is 1. The minimum atomic E-state index is -0.801. The molecule has 0 aromatic heterocycles. The van der Waals surface area contributed by atoms with Crippen LogP contribution in [0, 0.1) is 11.8 Å². The number of carbonyl (C=O) groups excluding carboxylic acids is 1. The minimum Gasteiger partial charge on any atom is -0.481 e. The van der Waals surface area contributed by atoms with E-state index in [1.807, 2.05) is 0 Å². The molecule has 1 aliphatic heterocycles. The van der Waals surface area contributed by atoms with Gasteiger partial charge in [0, 0.05) is 13.1 Å². The van der Waals surface area contributed by atoms with E-state index in [9.17, 15) is 9.59 Å². The molecular formula is C15H25NO4. The smallest absolute Gasteiger partial charge is 0.308 e. The van der Waals surface area contributed by atoms with Crippen molar-refractivity contribution in [1.82, 2.24) is 4.90 Å². The second-order valence-electron chi connectivity index (χ2n) is 6.22. The van der Waals surface area contributed by atoms with Gasteiger partial charge in [0.2, 0.25) is 5.91 Å². The lowest BCUT2D eigenvalue weighted by Gasteiger charge is -2.32. The van der Waals surface area contributed by atoms with Crippen LogP contribution in [0.3, 0.4) is 0 Å². The fourth-order valence-corrected chi connectivity index (χ4v) is 3.22. The molecule has 0 aromatic carbocycles. The van der Waals surface area contributed by atoms with Gasteiger partial charge in [-0.05, 0) is 31.6 Å². The molecule has 1 saturated heterocycles. The van der Waals surface area contributed by atoms with E-state index in [4.69, 9.17) is 9.84 Å². The van der Waals surface area contributed by atoms with E-state index in [0.29, 0.717) is 25.4 Å². The standard InChI is InChI=1S/C15H25NO4/c1-11-4-2-6-13(8-11)20-10-14(17)16-7-3-5-12(9-16)15(18)19/h11-13H,2-10H2,1H3,(H,18,19)/t11-,12-,13+/m1/s1. The molecule has 1 aliphatic carbocycles. The summed E-state index contributed by atoms with van der Waals surface area (Å²) in [6.07, 6.45) is 6.12. The third-order valence-corrected chi connectivity index (χ3v) is 4.45. The molecule has 0 aromatic rings. The molecule has 0 bridgehead atoms. The molecule has 1 N–H and O–H groups in total. The van der Waals surface area contributed by atoms with Gasteiger partial charge >= 0.3 is 5.97 Å². The third-order valence-electron chi connectivity index (χ3n) is 4.45. The molecule has 20 heavy (non-hydrogen) atoms. The first-order valence-electron chi connectivity index (χ1n) is 7.68. The van der Waals surface area contributed by atoms with Crippen LogP contribution < -0.4 is 0 Å².